The van der Waals surface area contributed by atoms with Crippen LogP contribution in [0.15, 0.2) is 24.3 Å². The number of carboxylic acid groups (broad SMARTS) is 1. The number of benzene rings is 1. The van der Waals surface area contributed by atoms with Gasteiger partial charge in [0.05, 0.1) is 0 Å². The lowest BCUT2D eigenvalue weighted by atomic mass is 10.0. The van der Waals surface area contributed by atoms with E-state index < -0.39 is 12.0 Å². The molecule has 1 aliphatic rings. The summed E-state index contributed by atoms with van der Waals surface area (Å²) in [7, 11) is 0. The molecule has 1 aromatic carbocycles. The zero-order valence-electron chi connectivity index (χ0n) is 11.2. The van der Waals surface area contributed by atoms with Gasteiger partial charge in [-0.25, -0.2) is 4.79 Å². The molecule has 2 rings (SSSR count). The minimum Gasteiger partial charge on any atom is -0.508 e. The van der Waals surface area contributed by atoms with Crippen molar-refractivity contribution >= 4 is 11.9 Å². The molecule has 0 radical (unpaired) electrons. The summed E-state index contributed by atoms with van der Waals surface area (Å²) >= 11 is 0. The summed E-state index contributed by atoms with van der Waals surface area (Å²) in [4.78, 5) is 23.2. The number of carbonyl (C=O) groups is 2. The molecule has 0 saturated heterocycles. The Morgan fingerprint density at radius 2 is 1.80 bits per heavy atom. The predicted octanol–water partition coefficient (Wildman–Crippen LogP) is 1.69. The average Bonchev–Trinajstić information content (AvgIpc) is 2.94. The van der Waals surface area contributed by atoms with Crippen LogP contribution < -0.4 is 5.32 Å². The molecule has 0 spiro atoms. The van der Waals surface area contributed by atoms with Gasteiger partial charge in [0.25, 0.3) is 0 Å². The molecule has 1 aliphatic carbocycles. The van der Waals surface area contributed by atoms with E-state index in [-0.39, 0.29) is 24.0 Å². The maximum absolute atomic E-state index is 12.0. The van der Waals surface area contributed by atoms with E-state index in [4.69, 9.17) is 0 Å². The monoisotopic (exact) mass is 277 g/mol. The topological polar surface area (TPSA) is 86.6 Å². The fourth-order valence-corrected chi connectivity index (χ4v) is 2.55. The zero-order valence-corrected chi connectivity index (χ0v) is 11.2. The summed E-state index contributed by atoms with van der Waals surface area (Å²) in [5.41, 5.74) is 0.766. The van der Waals surface area contributed by atoms with Gasteiger partial charge in [-0.15, -0.1) is 0 Å². The third kappa shape index (κ3) is 3.73. The molecule has 1 aromatic rings. The molecule has 20 heavy (non-hydrogen) atoms. The highest BCUT2D eigenvalue weighted by atomic mass is 16.4. The van der Waals surface area contributed by atoms with E-state index in [0.29, 0.717) is 0 Å². The second kappa shape index (κ2) is 6.41. The van der Waals surface area contributed by atoms with Gasteiger partial charge in [0, 0.05) is 12.3 Å². The van der Waals surface area contributed by atoms with Crippen LogP contribution in [0.3, 0.4) is 0 Å². The van der Waals surface area contributed by atoms with Gasteiger partial charge in [-0.05, 0) is 30.5 Å². The number of rotatable bonds is 5. The lowest BCUT2D eigenvalue weighted by Crippen LogP contribution is -2.44. The fraction of sp³-hybridized carbons (Fsp3) is 0.467. The zero-order chi connectivity index (χ0) is 14.5. The van der Waals surface area contributed by atoms with Crippen LogP contribution in [-0.2, 0) is 16.0 Å². The van der Waals surface area contributed by atoms with E-state index >= 15 is 0 Å². The second-order valence-corrected chi connectivity index (χ2v) is 5.25. The average molecular weight is 277 g/mol. The highest BCUT2D eigenvalue weighted by Crippen LogP contribution is 2.24. The van der Waals surface area contributed by atoms with Crippen LogP contribution >= 0.6 is 0 Å². The summed E-state index contributed by atoms with van der Waals surface area (Å²) in [6.45, 7) is 0. The van der Waals surface area contributed by atoms with Crippen molar-refractivity contribution in [2.75, 3.05) is 0 Å². The molecule has 1 unspecified atom stereocenters. The van der Waals surface area contributed by atoms with Gasteiger partial charge in [0.1, 0.15) is 11.8 Å². The third-order valence-corrected chi connectivity index (χ3v) is 3.72. The van der Waals surface area contributed by atoms with Crippen LogP contribution in [0.1, 0.15) is 31.2 Å². The van der Waals surface area contributed by atoms with Gasteiger partial charge in [-0.1, -0.05) is 25.0 Å². The molecule has 5 heteroatoms. The number of phenolic OH excluding ortho intramolecular Hbond substituents is 1. The van der Waals surface area contributed by atoms with Crippen molar-refractivity contribution < 1.29 is 19.8 Å². The smallest absolute Gasteiger partial charge is 0.326 e. The Kier molecular flexibility index (Phi) is 4.61. The van der Waals surface area contributed by atoms with E-state index in [1.807, 2.05) is 0 Å². The van der Waals surface area contributed by atoms with Crippen LogP contribution in [0.2, 0.25) is 0 Å². The second-order valence-electron chi connectivity index (χ2n) is 5.25. The number of phenols is 1. The van der Waals surface area contributed by atoms with Crippen molar-refractivity contribution in [3.63, 3.8) is 0 Å². The Hall–Kier alpha value is -2.04. The quantitative estimate of drug-likeness (QED) is 0.764. The molecule has 108 valence electrons. The van der Waals surface area contributed by atoms with Crippen molar-refractivity contribution in [1.29, 1.82) is 0 Å². The van der Waals surface area contributed by atoms with E-state index in [0.717, 1.165) is 31.2 Å². The molecule has 0 heterocycles. The van der Waals surface area contributed by atoms with Gasteiger partial charge in [-0.2, -0.15) is 0 Å². The third-order valence-electron chi connectivity index (χ3n) is 3.72. The minimum atomic E-state index is -1.04. The van der Waals surface area contributed by atoms with Gasteiger partial charge >= 0.3 is 5.97 Å². The Balaban J connectivity index is 1.98. The normalized spacial score (nSPS) is 16.8. The predicted molar refractivity (Wildman–Crippen MR) is 73.3 cm³/mol. The molecule has 0 aromatic heterocycles. The van der Waals surface area contributed by atoms with E-state index in [1.54, 1.807) is 12.1 Å². The Morgan fingerprint density at radius 1 is 1.20 bits per heavy atom. The number of aromatic hydroxyl groups is 1. The van der Waals surface area contributed by atoms with Crippen molar-refractivity contribution in [3.8, 4) is 5.75 Å². The van der Waals surface area contributed by atoms with Crippen LogP contribution in [0.25, 0.3) is 0 Å². The lowest BCUT2D eigenvalue weighted by molar-refractivity contribution is -0.142. The number of aliphatic carboxylic acids is 1. The SMILES string of the molecule is O=C(NC(Cc1ccc(O)cc1)C(=O)O)C1CCCC1. The van der Waals surface area contributed by atoms with Crippen molar-refractivity contribution in [1.82, 2.24) is 5.32 Å². The molecule has 0 bridgehead atoms. The van der Waals surface area contributed by atoms with Gasteiger partial charge < -0.3 is 15.5 Å². The molecule has 1 amide bonds. The van der Waals surface area contributed by atoms with Crippen LogP contribution in [0.4, 0.5) is 0 Å². The number of hydrogen-bond acceptors (Lipinski definition) is 3. The summed E-state index contributed by atoms with van der Waals surface area (Å²) in [6, 6.07) is 5.41. The molecule has 1 atom stereocenters. The Labute approximate surface area is 117 Å². The van der Waals surface area contributed by atoms with Crippen molar-refractivity contribution in [2.24, 2.45) is 5.92 Å². The van der Waals surface area contributed by atoms with Crippen molar-refractivity contribution in [2.45, 2.75) is 38.1 Å². The molecule has 1 saturated carbocycles. The van der Waals surface area contributed by atoms with Crippen LogP contribution in [0.5, 0.6) is 5.75 Å². The lowest BCUT2D eigenvalue weighted by Gasteiger charge is -2.17. The molecule has 3 N–H and O–H groups in total. The maximum atomic E-state index is 12.0. The van der Waals surface area contributed by atoms with Crippen LogP contribution in [0, 0.1) is 5.92 Å². The molecule has 1 fully saturated rings. The highest BCUT2D eigenvalue weighted by Gasteiger charge is 2.27. The Morgan fingerprint density at radius 3 is 2.35 bits per heavy atom. The number of carboxylic acids is 1. The number of nitrogens with one attached hydrogen (secondary N) is 1. The number of carbonyl (C=O) groups excluding carboxylic acids is 1. The molecular weight excluding hydrogens is 258 g/mol. The first-order valence-corrected chi connectivity index (χ1v) is 6.87. The Bertz CT molecular complexity index is 477. The standard InChI is InChI=1S/C15H19NO4/c17-12-7-5-10(6-8-12)9-13(15(19)20)16-14(18)11-3-1-2-4-11/h5-8,11,13,17H,1-4,9H2,(H,16,18)(H,19,20). The van der Waals surface area contributed by atoms with Crippen LogP contribution in [-0.4, -0.2) is 28.1 Å². The van der Waals surface area contributed by atoms with Gasteiger partial charge in [0.2, 0.25) is 5.91 Å². The van der Waals surface area contributed by atoms with E-state index in [2.05, 4.69) is 5.32 Å². The van der Waals surface area contributed by atoms with Gasteiger partial charge in [0.15, 0.2) is 0 Å². The largest absolute Gasteiger partial charge is 0.508 e. The molecule has 5 nitrogen and oxygen atoms in total. The summed E-state index contributed by atoms with van der Waals surface area (Å²) in [6.07, 6.45) is 3.98. The first-order chi connectivity index (χ1) is 9.56. The van der Waals surface area contributed by atoms with Gasteiger partial charge in [-0.3, -0.25) is 4.79 Å². The molecule has 0 aliphatic heterocycles. The first kappa shape index (κ1) is 14.4. The first-order valence-electron chi connectivity index (χ1n) is 6.87. The number of hydrogen-bond donors (Lipinski definition) is 3. The summed E-state index contributed by atoms with van der Waals surface area (Å²) in [5, 5.41) is 21.0. The number of amides is 1. The molecular formula is C15H19NO4. The van der Waals surface area contributed by atoms with Crippen molar-refractivity contribution in [3.05, 3.63) is 29.8 Å². The van der Waals surface area contributed by atoms with E-state index in [1.165, 1.54) is 12.1 Å². The summed E-state index contributed by atoms with van der Waals surface area (Å²) < 4.78 is 0. The highest BCUT2D eigenvalue weighted by molar-refractivity contribution is 5.85. The van der Waals surface area contributed by atoms with E-state index in [9.17, 15) is 19.8 Å². The fourth-order valence-electron chi connectivity index (χ4n) is 2.55. The maximum Gasteiger partial charge on any atom is 0.326 e. The summed E-state index contributed by atoms with van der Waals surface area (Å²) in [5.74, 6) is -1.11. The minimum absolute atomic E-state index is 0.0448.